The maximum absolute atomic E-state index is 11.0. The number of aliphatic hydroxyl groups is 2. The normalized spacial score (nSPS) is 57.7. The summed E-state index contributed by atoms with van der Waals surface area (Å²) in [4.78, 5) is 0. The van der Waals surface area contributed by atoms with Crippen LogP contribution in [0.3, 0.4) is 0 Å². The highest BCUT2D eigenvalue weighted by Crippen LogP contribution is 2.70. The van der Waals surface area contributed by atoms with Crippen LogP contribution < -0.4 is 0 Å². The molecular formula is C20H34O3. The van der Waals surface area contributed by atoms with E-state index in [-0.39, 0.29) is 35.2 Å². The van der Waals surface area contributed by atoms with Gasteiger partial charge in [0, 0.05) is 5.41 Å². The van der Waals surface area contributed by atoms with Crippen molar-refractivity contribution in [3.63, 3.8) is 0 Å². The molecule has 23 heavy (non-hydrogen) atoms. The zero-order valence-electron chi connectivity index (χ0n) is 15.3. The van der Waals surface area contributed by atoms with Gasteiger partial charge in [0.05, 0.1) is 24.4 Å². The Labute approximate surface area is 140 Å². The highest BCUT2D eigenvalue weighted by atomic mass is 16.5. The highest BCUT2D eigenvalue weighted by molar-refractivity contribution is 5.18. The quantitative estimate of drug-likeness (QED) is 0.776. The second kappa shape index (κ2) is 4.74. The Kier molecular flexibility index (Phi) is 3.37. The Hall–Kier alpha value is -0.120. The van der Waals surface area contributed by atoms with Crippen LogP contribution in [0.15, 0.2) is 0 Å². The van der Waals surface area contributed by atoms with E-state index in [9.17, 15) is 10.2 Å². The summed E-state index contributed by atoms with van der Waals surface area (Å²) in [6.07, 6.45) is 7.45. The Morgan fingerprint density at radius 3 is 2.35 bits per heavy atom. The van der Waals surface area contributed by atoms with E-state index in [0.29, 0.717) is 17.3 Å². The second-order valence-electron chi connectivity index (χ2n) is 10.3. The van der Waals surface area contributed by atoms with Crippen molar-refractivity contribution in [3.05, 3.63) is 0 Å². The predicted octanol–water partition coefficient (Wildman–Crippen LogP) is 3.52. The van der Waals surface area contributed by atoms with Gasteiger partial charge in [-0.05, 0) is 67.6 Å². The first-order valence-corrected chi connectivity index (χ1v) is 9.65. The zero-order valence-corrected chi connectivity index (χ0v) is 15.3. The van der Waals surface area contributed by atoms with Crippen molar-refractivity contribution in [2.45, 2.75) is 90.4 Å². The van der Waals surface area contributed by atoms with Crippen molar-refractivity contribution in [3.8, 4) is 0 Å². The molecule has 0 amide bonds. The van der Waals surface area contributed by atoms with Crippen LogP contribution in [-0.2, 0) is 4.74 Å². The predicted molar refractivity (Wildman–Crippen MR) is 90.0 cm³/mol. The topological polar surface area (TPSA) is 49.7 Å². The summed E-state index contributed by atoms with van der Waals surface area (Å²) in [5, 5.41) is 20.9. The van der Waals surface area contributed by atoms with Crippen molar-refractivity contribution >= 4 is 0 Å². The van der Waals surface area contributed by atoms with Gasteiger partial charge in [-0.2, -0.15) is 0 Å². The minimum Gasteiger partial charge on any atom is -0.394 e. The van der Waals surface area contributed by atoms with E-state index in [1.807, 2.05) is 0 Å². The van der Waals surface area contributed by atoms with E-state index in [2.05, 4.69) is 27.7 Å². The molecule has 3 heteroatoms. The molecule has 2 unspecified atom stereocenters. The fraction of sp³-hybridized carbons (Fsp3) is 1.00. The second-order valence-corrected chi connectivity index (χ2v) is 10.3. The standard InChI is InChI=1S/C20H34O3/c1-17(2)8-7-15(22)19(4)13(17)6-10-20-12-18(3,9-5-14(19)20)16(11-21)23-20/h13-16,21-22H,5-12H2,1-4H3/t13-,14?,15+,16-,18+,19-,20?/m0/s1. The first-order valence-electron chi connectivity index (χ1n) is 9.65. The van der Waals surface area contributed by atoms with Gasteiger partial charge in [0.15, 0.2) is 0 Å². The number of hydrogen-bond donors (Lipinski definition) is 2. The molecule has 3 aliphatic carbocycles. The van der Waals surface area contributed by atoms with Crippen molar-refractivity contribution in [1.29, 1.82) is 0 Å². The number of aliphatic hydroxyl groups excluding tert-OH is 2. The molecule has 0 aromatic carbocycles. The molecule has 0 aromatic heterocycles. The molecule has 1 saturated heterocycles. The summed E-state index contributed by atoms with van der Waals surface area (Å²) in [7, 11) is 0. The monoisotopic (exact) mass is 322 g/mol. The molecule has 2 N–H and O–H groups in total. The van der Waals surface area contributed by atoms with Crippen LogP contribution in [0.5, 0.6) is 0 Å². The third kappa shape index (κ3) is 1.93. The fourth-order valence-electron chi connectivity index (χ4n) is 7.55. The molecule has 3 nitrogen and oxygen atoms in total. The van der Waals surface area contributed by atoms with Crippen LogP contribution in [0.2, 0.25) is 0 Å². The van der Waals surface area contributed by atoms with E-state index in [1.54, 1.807) is 0 Å². The van der Waals surface area contributed by atoms with Crippen LogP contribution in [0.25, 0.3) is 0 Å². The summed E-state index contributed by atoms with van der Waals surface area (Å²) in [5.41, 5.74) is 0.306. The van der Waals surface area contributed by atoms with Gasteiger partial charge in [0.1, 0.15) is 0 Å². The lowest BCUT2D eigenvalue weighted by Gasteiger charge is -2.64. The molecule has 1 spiro atoms. The van der Waals surface area contributed by atoms with Gasteiger partial charge >= 0.3 is 0 Å². The lowest BCUT2D eigenvalue weighted by Crippen LogP contribution is -2.64. The molecule has 0 radical (unpaired) electrons. The van der Waals surface area contributed by atoms with Crippen LogP contribution in [0.4, 0.5) is 0 Å². The minimum atomic E-state index is -0.205. The summed E-state index contributed by atoms with van der Waals surface area (Å²) < 4.78 is 6.60. The lowest BCUT2D eigenvalue weighted by molar-refractivity contribution is -0.229. The maximum atomic E-state index is 11.0. The largest absolute Gasteiger partial charge is 0.394 e. The molecular weight excluding hydrogens is 288 g/mol. The summed E-state index contributed by atoms with van der Waals surface area (Å²) in [6, 6.07) is 0. The molecule has 1 aliphatic heterocycles. The highest BCUT2D eigenvalue weighted by Gasteiger charge is 2.69. The van der Waals surface area contributed by atoms with Crippen molar-refractivity contribution in [2.24, 2.45) is 28.1 Å². The van der Waals surface area contributed by atoms with Crippen molar-refractivity contribution in [1.82, 2.24) is 0 Å². The van der Waals surface area contributed by atoms with Crippen molar-refractivity contribution < 1.29 is 14.9 Å². The van der Waals surface area contributed by atoms with Crippen LogP contribution in [0.1, 0.15) is 72.6 Å². The molecule has 0 aromatic rings. The SMILES string of the molecule is CC1(C)CC[C@@H](O)[C@]2(C)C3CC[C@]4(C)CC3(CC[C@@H]12)O[C@H]4CO. The number of hydrogen-bond acceptors (Lipinski definition) is 3. The van der Waals surface area contributed by atoms with Gasteiger partial charge in [-0.1, -0.05) is 27.7 Å². The first kappa shape index (κ1) is 16.4. The average Bonchev–Trinajstić information content (AvgIpc) is 2.69. The van der Waals surface area contributed by atoms with E-state index in [0.717, 1.165) is 44.9 Å². The smallest absolute Gasteiger partial charge is 0.0867 e. The third-order valence-electron chi connectivity index (χ3n) is 8.74. The van der Waals surface area contributed by atoms with Gasteiger partial charge in [-0.25, -0.2) is 0 Å². The minimum absolute atomic E-state index is 0.0126. The Balaban J connectivity index is 1.75. The molecule has 4 fully saturated rings. The van der Waals surface area contributed by atoms with Crippen molar-refractivity contribution in [2.75, 3.05) is 6.61 Å². The first-order chi connectivity index (χ1) is 10.7. The Morgan fingerprint density at radius 1 is 0.957 bits per heavy atom. The Bertz CT molecular complexity index is 503. The van der Waals surface area contributed by atoms with Gasteiger partial charge in [-0.3, -0.25) is 0 Å². The Morgan fingerprint density at radius 2 is 1.65 bits per heavy atom. The summed E-state index contributed by atoms with van der Waals surface area (Å²) in [6.45, 7) is 9.60. The molecule has 7 atom stereocenters. The van der Waals surface area contributed by atoms with E-state index >= 15 is 0 Å². The summed E-state index contributed by atoms with van der Waals surface area (Å²) >= 11 is 0. The molecule has 4 rings (SSSR count). The van der Waals surface area contributed by atoms with Crippen LogP contribution in [0, 0.1) is 28.1 Å². The lowest BCUT2D eigenvalue weighted by atomic mass is 9.41. The van der Waals surface area contributed by atoms with Gasteiger partial charge < -0.3 is 14.9 Å². The number of ether oxygens (including phenoxy) is 1. The molecule has 2 bridgehead atoms. The van der Waals surface area contributed by atoms with E-state index < -0.39 is 0 Å². The molecule has 3 saturated carbocycles. The number of rotatable bonds is 1. The fourth-order valence-corrected chi connectivity index (χ4v) is 7.55. The average molecular weight is 322 g/mol. The zero-order chi connectivity index (χ0) is 16.7. The molecule has 1 heterocycles. The van der Waals surface area contributed by atoms with Gasteiger partial charge in [-0.15, -0.1) is 0 Å². The van der Waals surface area contributed by atoms with Gasteiger partial charge in [0.2, 0.25) is 0 Å². The van der Waals surface area contributed by atoms with Gasteiger partial charge in [0.25, 0.3) is 0 Å². The third-order valence-corrected chi connectivity index (χ3v) is 8.74. The van der Waals surface area contributed by atoms with E-state index in [1.165, 1.54) is 0 Å². The van der Waals surface area contributed by atoms with Crippen LogP contribution >= 0.6 is 0 Å². The van der Waals surface area contributed by atoms with Crippen LogP contribution in [-0.4, -0.2) is 34.6 Å². The maximum Gasteiger partial charge on any atom is 0.0867 e. The summed E-state index contributed by atoms with van der Waals surface area (Å²) in [5.74, 6) is 1.02. The molecule has 132 valence electrons. The molecule has 4 aliphatic rings. The van der Waals surface area contributed by atoms with E-state index in [4.69, 9.17) is 4.74 Å². The number of fused-ring (bicyclic) bond motifs is 3.